The van der Waals surface area contributed by atoms with E-state index in [9.17, 15) is 0 Å². The van der Waals surface area contributed by atoms with Crippen LogP contribution in [0.4, 0.5) is 0 Å². The molecule has 1 heterocycles. The predicted octanol–water partition coefficient (Wildman–Crippen LogP) is 2.67. The van der Waals surface area contributed by atoms with Gasteiger partial charge >= 0.3 is 0 Å². The minimum atomic E-state index is 0.820. The summed E-state index contributed by atoms with van der Waals surface area (Å²) in [5.74, 6) is 1.79. The van der Waals surface area contributed by atoms with Crippen molar-refractivity contribution in [2.75, 3.05) is 40.4 Å². The molecular formula is C17H28N2O2. The third kappa shape index (κ3) is 5.21. The fourth-order valence-corrected chi connectivity index (χ4v) is 2.85. The van der Waals surface area contributed by atoms with Gasteiger partial charge in [0.15, 0.2) is 0 Å². The summed E-state index contributed by atoms with van der Waals surface area (Å²) in [6.45, 7) is 5.63. The second-order valence-electron chi connectivity index (χ2n) is 5.61. The molecule has 4 nitrogen and oxygen atoms in total. The third-order valence-corrected chi connectivity index (χ3v) is 4.08. The molecule has 0 unspecified atom stereocenters. The highest BCUT2D eigenvalue weighted by Crippen LogP contribution is 2.23. The Bertz CT molecular complexity index is 417. The maximum absolute atomic E-state index is 5.39. The van der Waals surface area contributed by atoms with Gasteiger partial charge in [-0.25, -0.2) is 0 Å². The quantitative estimate of drug-likeness (QED) is 0.747. The van der Waals surface area contributed by atoms with Gasteiger partial charge in [0, 0.05) is 12.1 Å². The van der Waals surface area contributed by atoms with Crippen molar-refractivity contribution in [3.63, 3.8) is 0 Å². The van der Waals surface area contributed by atoms with Crippen LogP contribution in [-0.2, 0) is 6.54 Å². The number of nitrogens with one attached hydrogen (secondary N) is 1. The molecule has 0 radical (unpaired) electrons. The first-order valence-corrected chi connectivity index (χ1v) is 7.97. The van der Waals surface area contributed by atoms with E-state index in [0.717, 1.165) is 30.2 Å². The SMILES string of the molecule is COc1ccc(OC)c(CNCCCN2CCCCC2)c1. The zero-order valence-electron chi connectivity index (χ0n) is 13.4. The largest absolute Gasteiger partial charge is 0.497 e. The van der Waals surface area contributed by atoms with Crippen molar-refractivity contribution in [3.8, 4) is 11.5 Å². The van der Waals surface area contributed by atoms with E-state index >= 15 is 0 Å². The van der Waals surface area contributed by atoms with Crippen LogP contribution in [-0.4, -0.2) is 45.3 Å². The fourth-order valence-electron chi connectivity index (χ4n) is 2.85. The highest BCUT2D eigenvalue weighted by molar-refractivity contribution is 5.40. The smallest absolute Gasteiger partial charge is 0.123 e. The van der Waals surface area contributed by atoms with Crippen molar-refractivity contribution in [3.05, 3.63) is 23.8 Å². The molecular weight excluding hydrogens is 264 g/mol. The number of methoxy groups -OCH3 is 2. The van der Waals surface area contributed by atoms with Crippen LogP contribution < -0.4 is 14.8 Å². The Morgan fingerprint density at radius 3 is 2.62 bits per heavy atom. The molecule has 1 aromatic carbocycles. The summed E-state index contributed by atoms with van der Waals surface area (Å²) in [6.07, 6.45) is 5.35. The van der Waals surface area contributed by atoms with Crippen LogP contribution >= 0.6 is 0 Å². The van der Waals surface area contributed by atoms with Crippen molar-refractivity contribution in [1.82, 2.24) is 10.2 Å². The van der Waals surface area contributed by atoms with Crippen molar-refractivity contribution in [2.24, 2.45) is 0 Å². The van der Waals surface area contributed by atoms with Gasteiger partial charge in [0.25, 0.3) is 0 Å². The molecule has 21 heavy (non-hydrogen) atoms. The fraction of sp³-hybridized carbons (Fsp3) is 0.647. The van der Waals surface area contributed by atoms with Crippen molar-refractivity contribution in [2.45, 2.75) is 32.2 Å². The molecule has 1 N–H and O–H groups in total. The van der Waals surface area contributed by atoms with Gasteiger partial charge in [0.2, 0.25) is 0 Å². The first kappa shape index (κ1) is 16.1. The Hall–Kier alpha value is -1.26. The number of rotatable bonds is 8. The van der Waals surface area contributed by atoms with E-state index in [0.29, 0.717) is 0 Å². The van der Waals surface area contributed by atoms with E-state index < -0.39 is 0 Å². The number of benzene rings is 1. The van der Waals surface area contributed by atoms with Crippen LogP contribution in [0.2, 0.25) is 0 Å². The van der Waals surface area contributed by atoms with Crippen LogP contribution in [0.1, 0.15) is 31.2 Å². The van der Waals surface area contributed by atoms with E-state index in [2.05, 4.69) is 10.2 Å². The van der Waals surface area contributed by atoms with Crippen LogP contribution in [0.5, 0.6) is 11.5 Å². The van der Waals surface area contributed by atoms with E-state index in [4.69, 9.17) is 9.47 Å². The number of likely N-dealkylation sites (tertiary alicyclic amines) is 1. The number of hydrogen-bond acceptors (Lipinski definition) is 4. The zero-order valence-corrected chi connectivity index (χ0v) is 13.4. The zero-order chi connectivity index (χ0) is 14.9. The molecule has 4 heteroatoms. The third-order valence-electron chi connectivity index (χ3n) is 4.08. The number of piperidine rings is 1. The summed E-state index contributed by atoms with van der Waals surface area (Å²) < 4.78 is 10.7. The summed E-state index contributed by atoms with van der Waals surface area (Å²) in [7, 11) is 3.40. The molecule has 1 aliphatic rings. The van der Waals surface area contributed by atoms with Gasteiger partial charge < -0.3 is 19.7 Å². The second-order valence-corrected chi connectivity index (χ2v) is 5.61. The summed E-state index contributed by atoms with van der Waals surface area (Å²) in [5.41, 5.74) is 1.15. The monoisotopic (exact) mass is 292 g/mol. The Morgan fingerprint density at radius 1 is 1.10 bits per heavy atom. The highest BCUT2D eigenvalue weighted by atomic mass is 16.5. The Morgan fingerprint density at radius 2 is 1.90 bits per heavy atom. The van der Waals surface area contributed by atoms with Gasteiger partial charge in [0.1, 0.15) is 11.5 Å². The van der Waals surface area contributed by atoms with Gasteiger partial charge in [-0.15, -0.1) is 0 Å². The Balaban J connectivity index is 1.70. The lowest BCUT2D eigenvalue weighted by Crippen LogP contribution is -2.32. The molecule has 0 bridgehead atoms. The lowest BCUT2D eigenvalue weighted by Gasteiger charge is -2.26. The standard InChI is InChI=1S/C17H28N2O2/c1-20-16-7-8-17(21-2)15(13-16)14-18-9-6-12-19-10-4-3-5-11-19/h7-8,13,18H,3-6,9-12,14H2,1-2H3. The predicted molar refractivity (Wildman–Crippen MR) is 86.2 cm³/mol. The Kier molecular flexibility index (Phi) is 6.83. The van der Waals surface area contributed by atoms with Gasteiger partial charge in [-0.1, -0.05) is 6.42 Å². The van der Waals surface area contributed by atoms with E-state index in [-0.39, 0.29) is 0 Å². The molecule has 0 atom stereocenters. The average molecular weight is 292 g/mol. The second kappa shape index (κ2) is 8.90. The molecule has 1 fully saturated rings. The average Bonchev–Trinajstić information content (AvgIpc) is 2.55. The van der Waals surface area contributed by atoms with E-state index in [1.165, 1.54) is 45.3 Å². The minimum absolute atomic E-state index is 0.820. The Labute approximate surface area is 128 Å². The molecule has 0 amide bonds. The topological polar surface area (TPSA) is 33.7 Å². The molecule has 1 saturated heterocycles. The molecule has 0 saturated carbocycles. The molecule has 1 aliphatic heterocycles. The highest BCUT2D eigenvalue weighted by Gasteiger charge is 2.09. The molecule has 1 aromatic rings. The van der Waals surface area contributed by atoms with Crippen molar-refractivity contribution >= 4 is 0 Å². The maximum atomic E-state index is 5.39. The van der Waals surface area contributed by atoms with Crippen LogP contribution in [0.3, 0.4) is 0 Å². The molecule has 118 valence electrons. The van der Waals surface area contributed by atoms with E-state index in [1.54, 1.807) is 14.2 Å². The number of nitrogens with zero attached hydrogens (tertiary/aromatic N) is 1. The lowest BCUT2D eigenvalue weighted by atomic mass is 10.1. The van der Waals surface area contributed by atoms with Crippen LogP contribution in [0.25, 0.3) is 0 Å². The first-order valence-electron chi connectivity index (χ1n) is 7.97. The lowest BCUT2D eigenvalue weighted by molar-refractivity contribution is 0.225. The molecule has 2 rings (SSSR count). The molecule has 0 aromatic heterocycles. The molecule has 0 aliphatic carbocycles. The van der Waals surface area contributed by atoms with Gasteiger partial charge in [-0.3, -0.25) is 0 Å². The maximum Gasteiger partial charge on any atom is 0.123 e. The van der Waals surface area contributed by atoms with Gasteiger partial charge in [-0.05, 0) is 63.6 Å². The number of hydrogen-bond donors (Lipinski definition) is 1. The van der Waals surface area contributed by atoms with Gasteiger partial charge in [-0.2, -0.15) is 0 Å². The van der Waals surface area contributed by atoms with E-state index in [1.807, 2.05) is 18.2 Å². The van der Waals surface area contributed by atoms with Crippen molar-refractivity contribution < 1.29 is 9.47 Å². The normalized spacial score (nSPS) is 15.9. The summed E-state index contributed by atoms with van der Waals surface area (Å²) in [5, 5.41) is 3.51. The summed E-state index contributed by atoms with van der Waals surface area (Å²) in [4.78, 5) is 2.58. The van der Waals surface area contributed by atoms with Crippen LogP contribution in [0, 0.1) is 0 Å². The van der Waals surface area contributed by atoms with Gasteiger partial charge in [0.05, 0.1) is 14.2 Å². The number of ether oxygens (including phenoxy) is 2. The first-order chi connectivity index (χ1) is 10.3. The van der Waals surface area contributed by atoms with Crippen molar-refractivity contribution in [1.29, 1.82) is 0 Å². The minimum Gasteiger partial charge on any atom is -0.497 e. The van der Waals surface area contributed by atoms with Crippen LogP contribution in [0.15, 0.2) is 18.2 Å². The molecule has 0 spiro atoms. The summed E-state index contributed by atoms with van der Waals surface area (Å²) >= 11 is 0. The summed E-state index contributed by atoms with van der Waals surface area (Å²) in [6, 6.07) is 5.93.